The molecule has 0 fully saturated rings. The Kier molecular flexibility index (Phi) is 9.54. The number of aliphatic carboxylic acids is 1. The van der Waals surface area contributed by atoms with Crippen molar-refractivity contribution >= 4 is 34.5 Å². The van der Waals surface area contributed by atoms with E-state index in [9.17, 15) is 23.6 Å². The predicted octanol–water partition coefficient (Wildman–Crippen LogP) is 3.53. The number of nitrogens with zero attached hydrogens (tertiary/aromatic N) is 1. The lowest BCUT2D eigenvalue weighted by molar-refractivity contribution is -0.140. The number of carbonyl (C=O) groups is 4. The number of carboxylic acids is 1. The van der Waals surface area contributed by atoms with E-state index in [1.165, 1.54) is 5.56 Å². The minimum atomic E-state index is -1.52. The first kappa shape index (κ1) is 27.6. The molecule has 1 heterocycles. The number of para-hydroxylation sites is 1. The molecule has 1 unspecified atom stereocenters. The maximum Gasteiger partial charge on any atom is 0.305 e. The molecule has 9 heteroatoms. The molecule has 0 saturated heterocycles. The van der Waals surface area contributed by atoms with Crippen molar-refractivity contribution in [1.29, 1.82) is 0 Å². The smallest absolute Gasteiger partial charge is 0.305 e. The molecular weight excluding hydrogens is 477 g/mol. The molecule has 196 valence electrons. The van der Waals surface area contributed by atoms with Crippen LogP contribution in [-0.4, -0.2) is 52.0 Å². The number of rotatable bonds is 13. The van der Waals surface area contributed by atoms with E-state index in [0.29, 0.717) is 12.2 Å². The average molecular weight is 510 g/mol. The third kappa shape index (κ3) is 7.25. The Hall–Kier alpha value is -4.01. The standard InChI is InChI=1S/C28H32FN3O5/c1-18(2)26(28(37)30-21(16-25(34)35)24(33)17-29)31-27(36)23-15-20-12-6-7-13-22(20)32(23)14-8-11-19-9-4-3-5-10-19/h3-7,9-10,12-13,15,18,21,26H,8,11,14,16-17H2,1-2H3,(H,30,37)(H,31,36)(H,34,35)/t21?,26-/m0/s1. The van der Waals surface area contributed by atoms with Crippen molar-refractivity contribution in [2.45, 2.75) is 51.7 Å². The van der Waals surface area contributed by atoms with Gasteiger partial charge in [-0.05, 0) is 36.5 Å². The van der Waals surface area contributed by atoms with E-state index in [1.54, 1.807) is 19.9 Å². The van der Waals surface area contributed by atoms with Crippen LogP contribution in [0.1, 0.15) is 42.7 Å². The number of halogens is 1. The Morgan fingerprint density at radius 3 is 2.30 bits per heavy atom. The monoisotopic (exact) mass is 509 g/mol. The summed E-state index contributed by atoms with van der Waals surface area (Å²) in [6, 6.07) is 16.8. The van der Waals surface area contributed by atoms with Crippen LogP contribution in [-0.2, 0) is 27.3 Å². The minimum Gasteiger partial charge on any atom is -0.481 e. The van der Waals surface area contributed by atoms with Crippen molar-refractivity contribution in [3.05, 3.63) is 71.9 Å². The molecule has 3 aromatic rings. The van der Waals surface area contributed by atoms with E-state index in [1.807, 2.05) is 47.0 Å². The third-order valence-corrected chi connectivity index (χ3v) is 6.18. The molecule has 2 aromatic carbocycles. The van der Waals surface area contributed by atoms with Crippen LogP contribution >= 0.6 is 0 Å². The number of carbonyl (C=O) groups excluding carboxylic acids is 3. The summed E-state index contributed by atoms with van der Waals surface area (Å²) in [7, 11) is 0. The van der Waals surface area contributed by atoms with Gasteiger partial charge in [0, 0.05) is 17.4 Å². The Labute approximate surface area is 214 Å². The highest BCUT2D eigenvalue weighted by Crippen LogP contribution is 2.21. The number of benzene rings is 2. The number of amides is 2. The second-order valence-corrected chi connectivity index (χ2v) is 9.28. The summed E-state index contributed by atoms with van der Waals surface area (Å²) in [5.41, 5.74) is 2.47. The SMILES string of the molecule is CC(C)[C@H](NC(=O)c1cc2ccccc2n1CCCc1ccccc1)C(=O)NC(CC(=O)O)C(=O)CF. The molecule has 3 N–H and O–H groups in total. The number of aromatic nitrogens is 1. The van der Waals surface area contributed by atoms with Gasteiger partial charge < -0.3 is 20.3 Å². The molecule has 37 heavy (non-hydrogen) atoms. The van der Waals surface area contributed by atoms with Gasteiger partial charge in [-0.1, -0.05) is 62.4 Å². The number of Topliss-reactive ketones (excluding diaryl/α,β-unsaturated/α-hetero) is 1. The van der Waals surface area contributed by atoms with Gasteiger partial charge in [0.05, 0.1) is 6.42 Å². The van der Waals surface area contributed by atoms with Crippen LogP contribution in [0, 0.1) is 5.92 Å². The summed E-state index contributed by atoms with van der Waals surface area (Å²) in [4.78, 5) is 49.3. The molecule has 1 aromatic heterocycles. The van der Waals surface area contributed by atoms with Crippen molar-refractivity contribution in [2.75, 3.05) is 6.67 Å². The minimum absolute atomic E-state index is 0.384. The van der Waals surface area contributed by atoms with E-state index in [0.717, 1.165) is 23.7 Å². The summed E-state index contributed by atoms with van der Waals surface area (Å²) in [5.74, 6) is -3.99. The summed E-state index contributed by atoms with van der Waals surface area (Å²) >= 11 is 0. The van der Waals surface area contributed by atoms with Crippen LogP contribution in [0.15, 0.2) is 60.7 Å². The number of alkyl halides is 1. The molecule has 0 spiro atoms. The topological polar surface area (TPSA) is 118 Å². The summed E-state index contributed by atoms with van der Waals surface area (Å²) in [5, 5.41) is 14.9. The first-order chi connectivity index (χ1) is 17.7. The second-order valence-electron chi connectivity index (χ2n) is 9.28. The van der Waals surface area contributed by atoms with E-state index in [4.69, 9.17) is 5.11 Å². The number of ketones is 1. The average Bonchev–Trinajstić information content (AvgIpc) is 3.25. The highest BCUT2D eigenvalue weighted by atomic mass is 19.1. The van der Waals surface area contributed by atoms with Crippen molar-refractivity contribution in [3.8, 4) is 0 Å². The van der Waals surface area contributed by atoms with Gasteiger partial charge in [-0.15, -0.1) is 0 Å². The predicted molar refractivity (Wildman–Crippen MR) is 138 cm³/mol. The Morgan fingerprint density at radius 2 is 1.65 bits per heavy atom. The number of aryl methyl sites for hydroxylation is 2. The van der Waals surface area contributed by atoms with Crippen molar-refractivity contribution in [3.63, 3.8) is 0 Å². The number of carboxylic acid groups (broad SMARTS) is 1. The molecule has 3 rings (SSSR count). The fourth-order valence-corrected chi connectivity index (χ4v) is 4.25. The lowest BCUT2D eigenvalue weighted by Crippen LogP contribution is -2.54. The van der Waals surface area contributed by atoms with Gasteiger partial charge in [-0.2, -0.15) is 0 Å². The molecule has 8 nitrogen and oxygen atoms in total. The van der Waals surface area contributed by atoms with Crippen LogP contribution < -0.4 is 10.6 Å². The van der Waals surface area contributed by atoms with E-state index in [-0.39, 0.29) is 5.92 Å². The van der Waals surface area contributed by atoms with Crippen LogP contribution in [0.5, 0.6) is 0 Å². The zero-order valence-electron chi connectivity index (χ0n) is 20.9. The third-order valence-electron chi connectivity index (χ3n) is 6.18. The fourth-order valence-electron chi connectivity index (χ4n) is 4.25. The molecule has 0 aliphatic rings. The van der Waals surface area contributed by atoms with Gasteiger partial charge in [-0.3, -0.25) is 19.2 Å². The molecular formula is C28H32FN3O5. The zero-order chi connectivity index (χ0) is 26.9. The van der Waals surface area contributed by atoms with Crippen LogP contribution in [0.3, 0.4) is 0 Å². The van der Waals surface area contributed by atoms with Crippen LogP contribution in [0.2, 0.25) is 0 Å². The quantitative estimate of drug-likeness (QED) is 0.326. The maximum absolute atomic E-state index is 13.4. The largest absolute Gasteiger partial charge is 0.481 e. The van der Waals surface area contributed by atoms with E-state index < -0.39 is 48.7 Å². The van der Waals surface area contributed by atoms with Gasteiger partial charge in [0.25, 0.3) is 5.91 Å². The molecule has 0 bridgehead atoms. The van der Waals surface area contributed by atoms with Gasteiger partial charge in [0.2, 0.25) is 5.91 Å². The first-order valence-electron chi connectivity index (χ1n) is 12.2. The summed E-state index contributed by atoms with van der Waals surface area (Å²) in [6.07, 6.45) is 0.876. The summed E-state index contributed by atoms with van der Waals surface area (Å²) < 4.78 is 14.8. The molecule has 0 saturated carbocycles. The zero-order valence-corrected chi connectivity index (χ0v) is 20.9. The Balaban J connectivity index is 1.80. The van der Waals surface area contributed by atoms with Gasteiger partial charge in [0.15, 0.2) is 5.78 Å². The van der Waals surface area contributed by atoms with E-state index in [2.05, 4.69) is 22.8 Å². The highest BCUT2D eigenvalue weighted by Gasteiger charge is 2.31. The lowest BCUT2D eigenvalue weighted by Gasteiger charge is -2.24. The molecule has 0 radical (unpaired) electrons. The molecule has 2 atom stereocenters. The Bertz CT molecular complexity index is 1260. The van der Waals surface area contributed by atoms with Crippen LogP contribution in [0.25, 0.3) is 10.9 Å². The van der Waals surface area contributed by atoms with Gasteiger partial charge in [-0.25, -0.2) is 4.39 Å². The molecule has 2 amide bonds. The number of fused-ring (bicyclic) bond motifs is 1. The Morgan fingerprint density at radius 1 is 0.973 bits per heavy atom. The number of nitrogens with one attached hydrogen (secondary N) is 2. The number of hydrogen-bond acceptors (Lipinski definition) is 4. The molecule has 0 aliphatic heterocycles. The van der Waals surface area contributed by atoms with Crippen molar-refractivity contribution in [2.24, 2.45) is 5.92 Å². The maximum atomic E-state index is 13.4. The summed E-state index contributed by atoms with van der Waals surface area (Å²) in [6.45, 7) is 2.60. The molecule has 0 aliphatic carbocycles. The lowest BCUT2D eigenvalue weighted by atomic mass is 10.0. The highest BCUT2D eigenvalue weighted by molar-refractivity contribution is 6.01. The van der Waals surface area contributed by atoms with E-state index >= 15 is 0 Å². The number of hydrogen-bond donors (Lipinski definition) is 3. The van der Waals surface area contributed by atoms with Crippen LogP contribution in [0.4, 0.5) is 4.39 Å². The normalized spacial score (nSPS) is 12.8. The van der Waals surface area contributed by atoms with Gasteiger partial charge in [0.1, 0.15) is 24.5 Å². The first-order valence-corrected chi connectivity index (χ1v) is 12.2. The van der Waals surface area contributed by atoms with Gasteiger partial charge >= 0.3 is 5.97 Å². The van der Waals surface area contributed by atoms with Crippen molar-refractivity contribution in [1.82, 2.24) is 15.2 Å². The fraction of sp³-hybridized carbons (Fsp3) is 0.357. The second kappa shape index (κ2) is 12.8. The van der Waals surface area contributed by atoms with Crippen molar-refractivity contribution < 1.29 is 28.7 Å².